The molecule has 47 heavy (non-hydrogen) atoms. The maximum atomic E-state index is 2.47. The lowest BCUT2D eigenvalue weighted by Gasteiger charge is -2.14. The van der Waals surface area contributed by atoms with Crippen LogP contribution in [0.15, 0.2) is 158 Å². The molecule has 0 saturated carbocycles. The number of nitrogens with zero attached hydrogens (tertiary/aromatic N) is 2. The van der Waals surface area contributed by atoms with Gasteiger partial charge >= 0.3 is 0 Å². The lowest BCUT2D eigenvalue weighted by atomic mass is 9.94. The summed E-state index contributed by atoms with van der Waals surface area (Å²) in [6, 6.07) is 58.1. The van der Waals surface area contributed by atoms with Crippen molar-refractivity contribution in [2.45, 2.75) is 0 Å². The van der Waals surface area contributed by atoms with E-state index < -0.39 is 0 Å². The van der Waals surface area contributed by atoms with Gasteiger partial charge in [0.2, 0.25) is 0 Å². The van der Waals surface area contributed by atoms with E-state index in [1.807, 2.05) is 11.3 Å². The summed E-state index contributed by atoms with van der Waals surface area (Å²) in [6.45, 7) is 0. The van der Waals surface area contributed by atoms with Crippen molar-refractivity contribution < 1.29 is 0 Å². The number of benzene rings is 8. The number of aromatic nitrogens is 2. The van der Waals surface area contributed by atoms with Crippen LogP contribution in [0.2, 0.25) is 0 Å². The molecule has 0 radical (unpaired) electrons. The van der Waals surface area contributed by atoms with E-state index in [9.17, 15) is 0 Å². The predicted molar refractivity (Wildman–Crippen MR) is 203 cm³/mol. The zero-order valence-corrected chi connectivity index (χ0v) is 26.1. The first kappa shape index (κ1) is 25.3. The van der Waals surface area contributed by atoms with Gasteiger partial charge in [-0.25, -0.2) is 0 Å². The van der Waals surface area contributed by atoms with Crippen LogP contribution in [0.5, 0.6) is 0 Å². The summed E-state index contributed by atoms with van der Waals surface area (Å²) in [6.07, 6.45) is 0. The lowest BCUT2D eigenvalue weighted by Crippen LogP contribution is -1.96. The first-order chi connectivity index (χ1) is 23.3. The molecule has 8 aromatic carbocycles. The van der Waals surface area contributed by atoms with E-state index in [0.29, 0.717) is 0 Å². The molecule has 2 nitrogen and oxygen atoms in total. The van der Waals surface area contributed by atoms with Gasteiger partial charge in [0, 0.05) is 37.6 Å². The molecule has 3 aromatic heterocycles. The summed E-state index contributed by atoms with van der Waals surface area (Å²) in [5, 5.41) is 12.9. The van der Waals surface area contributed by atoms with Gasteiger partial charge in [-0.2, -0.15) is 0 Å². The fourth-order valence-corrected chi connectivity index (χ4v) is 9.32. The third-order valence-electron chi connectivity index (χ3n) is 10.1. The highest BCUT2D eigenvalue weighted by molar-refractivity contribution is 7.26. The number of para-hydroxylation sites is 2. The van der Waals surface area contributed by atoms with Crippen molar-refractivity contribution >= 4 is 96.7 Å². The standard InChI is InChI=1S/C44H26N2S/c1-2-13-31-29(11-1)30-12-3-4-14-32(30)37-25-27(21-23-33(31)37)45-39-18-8-5-15-34(39)38-26-28(22-24-41(38)45)46-40-19-9-6-16-35(40)44-43(46)36-17-7-10-20-42(36)47-44/h1-26H. The van der Waals surface area contributed by atoms with Gasteiger partial charge in [0.05, 0.1) is 26.8 Å². The Kier molecular flexibility index (Phi) is 5.02. The number of hydrogen-bond acceptors (Lipinski definition) is 1. The maximum absolute atomic E-state index is 2.47. The Morgan fingerprint density at radius 1 is 0.319 bits per heavy atom. The minimum Gasteiger partial charge on any atom is -0.309 e. The van der Waals surface area contributed by atoms with Gasteiger partial charge in [-0.1, -0.05) is 109 Å². The highest BCUT2D eigenvalue weighted by atomic mass is 32.1. The van der Waals surface area contributed by atoms with E-state index in [-0.39, 0.29) is 0 Å². The largest absolute Gasteiger partial charge is 0.309 e. The summed E-state index contributed by atoms with van der Waals surface area (Å²) in [5.74, 6) is 0. The quantitative estimate of drug-likeness (QED) is 0.171. The van der Waals surface area contributed by atoms with Crippen molar-refractivity contribution in [2.24, 2.45) is 0 Å². The Hall–Kier alpha value is -5.90. The summed E-state index contributed by atoms with van der Waals surface area (Å²) in [5.41, 5.74) is 7.33. The first-order valence-corrected chi connectivity index (χ1v) is 16.9. The molecular weight excluding hydrogens is 589 g/mol. The zero-order chi connectivity index (χ0) is 30.6. The van der Waals surface area contributed by atoms with Crippen molar-refractivity contribution in [2.75, 3.05) is 0 Å². The van der Waals surface area contributed by atoms with Crippen LogP contribution in [0.4, 0.5) is 0 Å². The molecular formula is C44H26N2S. The normalized spacial score (nSPS) is 12.3. The van der Waals surface area contributed by atoms with Gasteiger partial charge in [0.15, 0.2) is 0 Å². The van der Waals surface area contributed by atoms with Crippen LogP contribution >= 0.6 is 11.3 Å². The van der Waals surface area contributed by atoms with Gasteiger partial charge in [-0.15, -0.1) is 11.3 Å². The van der Waals surface area contributed by atoms with Crippen molar-refractivity contribution in [3.63, 3.8) is 0 Å². The van der Waals surface area contributed by atoms with Gasteiger partial charge in [-0.05, 0) is 80.8 Å². The minimum absolute atomic E-state index is 1.18. The minimum atomic E-state index is 1.18. The molecule has 0 aliphatic rings. The number of hydrogen-bond donors (Lipinski definition) is 0. The average molecular weight is 615 g/mol. The maximum Gasteiger partial charge on any atom is 0.0727 e. The molecule has 0 saturated heterocycles. The predicted octanol–water partition coefficient (Wildman–Crippen LogP) is 12.6. The lowest BCUT2D eigenvalue weighted by molar-refractivity contribution is 1.17. The van der Waals surface area contributed by atoms with Crippen LogP contribution in [0.3, 0.4) is 0 Å². The molecule has 0 spiro atoms. The molecule has 0 unspecified atom stereocenters. The Morgan fingerprint density at radius 2 is 0.787 bits per heavy atom. The third-order valence-corrected chi connectivity index (χ3v) is 11.3. The summed E-state index contributed by atoms with van der Waals surface area (Å²) in [7, 11) is 0. The second-order valence-corrected chi connectivity index (χ2v) is 13.6. The molecule has 0 amide bonds. The van der Waals surface area contributed by atoms with Crippen molar-refractivity contribution in [3.8, 4) is 11.4 Å². The van der Waals surface area contributed by atoms with Crippen LogP contribution in [-0.2, 0) is 0 Å². The topological polar surface area (TPSA) is 9.86 Å². The first-order valence-electron chi connectivity index (χ1n) is 16.1. The van der Waals surface area contributed by atoms with Gasteiger partial charge in [-0.3, -0.25) is 0 Å². The van der Waals surface area contributed by atoms with Crippen LogP contribution in [0, 0.1) is 0 Å². The monoisotopic (exact) mass is 614 g/mol. The highest BCUT2D eigenvalue weighted by Crippen LogP contribution is 2.44. The molecule has 3 heteroatoms. The van der Waals surface area contributed by atoms with Crippen molar-refractivity contribution in [3.05, 3.63) is 158 Å². The summed E-state index contributed by atoms with van der Waals surface area (Å²) >= 11 is 1.89. The number of rotatable bonds is 2. The SMILES string of the molecule is c1ccc2c(c1)sc1c3ccccc3n(-c3ccc4c(c3)c3ccccc3n4-c3ccc4c5ccccc5c5ccccc5c4c3)c21. The highest BCUT2D eigenvalue weighted by Gasteiger charge is 2.20. The Labute approximate surface area is 273 Å². The Bertz CT molecular complexity index is 3040. The average Bonchev–Trinajstić information content (AvgIpc) is 3.78. The van der Waals surface area contributed by atoms with Gasteiger partial charge < -0.3 is 9.13 Å². The second kappa shape index (κ2) is 9.32. The van der Waals surface area contributed by atoms with E-state index in [1.165, 1.54) is 96.7 Å². The molecule has 0 bridgehead atoms. The van der Waals surface area contributed by atoms with E-state index in [1.54, 1.807) is 0 Å². The molecule has 0 aliphatic heterocycles. The second-order valence-electron chi connectivity index (χ2n) is 12.5. The van der Waals surface area contributed by atoms with Crippen LogP contribution in [0.1, 0.15) is 0 Å². The molecule has 0 fully saturated rings. The van der Waals surface area contributed by atoms with E-state index >= 15 is 0 Å². The van der Waals surface area contributed by atoms with Gasteiger partial charge in [0.1, 0.15) is 0 Å². The van der Waals surface area contributed by atoms with Crippen molar-refractivity contribution in [1.82, 2.24) is 9.13 Å². The van der Waals surface area contributed by atoms with Gasteiger partial charge in [0.25, 0.3) is 0 Å². The molecule has 218 valence electrons. The van der Waals surface area contributed by atoms with Crippen LogP contribution in [0.25, 0.3) is 96.7 Å². The third kappa shape index (κ3) is 3.39. The fourth-order valence-electron chi connectivity index (χ4n) is 8.10. The fraction of sp³-hybridized carbons (Fsp3) is 0. The zero-order valence-electron chi connectivity index (χ0n) is 25.3. The molecule has 11 aromatic rings. The smallest absolute Gasteiger partial charge is 0.0727 e. The number of thiophene rings is 1. The van der Waals surface area contributed by atoms with E-state index in [4.69, 9.17) is 0 Å². The summed E-state index contributed by atoms with van der Waals surface area (Å²) < 4.78 is 7.59. The van der Waals surface area contributed by atoms with Crippen LogP contribution < -0.4 is 0 Å². The molecule has 11 rings (SSSR count). The van der Waals surface area contributed by atoms with E-state index in [2.05, 4.69) is 167 Å². The molecule has 0 aliphatic carbocycles. The number of fused-ring (bicyclic) bond motifs is 14. The Balaban J connectivity index is 1.21. The molecule has 0 atom stereocenters. The molecule has 3 heterocycles. The summed E-state index contributed by atoms with van der Waals surface area (Å²) in [4.78, 5) is 0. The van der Waals surface area contributed by atoms with E-state index in [0.717, 1.165) is 0 Å². The van der Waals surface area contributed by atoms with Crippen molar-refractivity contribution in [1.29, 1.82) is 0 Å². The van der Waals surface area contributed by atoms with Crippen LogP contribution in [-0.4, -0.2) is 9.13 Å². The Morgan fingerprint density at radius 3 is 1.51 bits per heavy atom. The molecule has 0 N–H and O–H groups in total.